The lowest BCUT2D eigenvalue weighted by Gasteiger charge is -2.43. The minimum absolute atomic E-state index is 0.0572. The van der Waals surface area contributed by atoms with Gasteiger partial charge in [0.1, 0.15) is 0 Å². The molecule has 4 nitrogen and oxygen atoms in total. The molecule has 0 aliphatic heterocycles. The van der Waals surface area contributed by atoms with Crippen molar-refractivity contribution in [3.63, 3.8) is 0 Å². The van der Waals surface area contributed by atoms with Crippen molar-refractivity contribution in [1.82, 2.24) is 4.90 Å². The van der Waals surface area contributed by atoms with Crippen molar-refractivity contribution < 1.29 is 13.2 Å². The molecule has 0 bridgehead atoms. The van der Waals surface area contributed by atoms with E-state index in [4.69, 9.17) is 0 Å². The van der Waals surface area contributed by atoms with Crippen LogP contribution >= 0.6 is 0 Å². The third-order valence-corrected chi connectivity index (χ3v) is 6.16. The first kappa shape index (κ1) is 14.5. The summed E-state index contributed by atoms with van der Waals surface area (Å²) >= 11 is 0. The first-order chi connectivity index (χ1) is 7.63. The van der Waals surface area contributed by atoms with Crippen LogP contribution in [-0.2, 0) is 14.6 Å². The molecule has 1 aliphatic carbocycles. The molecule has 17 heavy (non-hydrogen) atoms. The number of hydrogen-bond donors (Lipinski definition) is 0. The SMILES string of the molecule is CC(C)C(C)N(C)C(=O)C1(S(C)(=O)=O)CCC1. The first-order valence-electron chi connectivity index (χ1n) is 6.10. The quantitative estimate of drug-likeness (QED) is 0.770. The van der Waals surface area contributed by atoms with Crippen LogP contribution in [0, 0.1) is 5.92 Å². The van der Waals surface area contributed by atoms with Crippen molar-refractivity contribution in [2.24, 2.45) is 5.92 Å². The second-order valence-corrected chi connectivity index (χ2v) is 7.85. The summed E-state index contributed by atoms with van der Waals surface area (Å²) in [5.74, 6) is 0.0908. The van der Waals surface area contributed by atoms with Gasteiger partial charge in [-0.15, -0.1) is 0 Å². The van der Waals surface area contributed by atoms with Crippen LogP contribution in [-0.4, -0.2) is 43.3 Å². The second-order valence-electron chi connectivity index (χ2n) is 5.52. The normalized spacial score (nSPS) is 20.8. The van der Waals surface area contributed by atoms with Crippen LogP contribution in [0.1, 0.15) is 40.0 Å². The minimum Gasteiger partial charge on any atom is -0.341 e. The van der Waals surface area contributed by atoms with Crippen molar-refractivity contribution in [3.8, 4) is 0 Å². The lowest BCUT2D eigenvalue weighted by molar-refractivity contribution is -0.137. The van der Waals surface area contributed by atoms with Gasteiger partial charge >= 0.3 is 0 Å². The molecule has 0 aromatic heterocycles. The maximum absolute atomic E-state index is 12.4. The number of sulfone groups is 1. The van der Waals surface area contributed by atoms with E-state index < -0.39 is 14.6 Å². The molecule has 1 fully saturated rings. The Morgan fingerprint density at radius 1 is 1.24 bits per heavy atom. The van der Waals surface area contributed by atoms with Crippen LogP contribution in [0.4, 0.5) is 0 Å². The lowest BCUT2D eigenvalue weighted by Crippen LogP contribution is -2.59. The highest BCUT2D eigenvalue weighted by Gasteiger charge is 2.54. The second kappa shape index (κ2) is 4.59. The highest BCUT2D eigenvalue weighted by atomic mass is 32.2. The van der Waals surface area contributed by atoms with E-state index >= 15 is 0 Å². The molecule has 1 unspecified atom stereocenters. The molecular formula is C12H23NO3S. The van der Waals surface area contributed by atoms with Gasteiger partial charge in [-0.2, -0.15) is 0 Å². The Morgan fingerprint density at radius 2 is 1.71 bits per heavy atom. The standard InChI is InChI=1S/C12H23NO3S/c1-9(2)10(3)13(4)11(14)12(7-6-8-12)17(5,15)16/h9-10H,6-8H2,1-5H3. The number of nitrogens with zero attached hydrogens (tertiary/aromatic N) is 1. The summed E-state index contributed by atoms with van der Waals surface area (Å²) in [6, 6.07) is 0.0572. The van der Waals surface area contributed by atoms with Crippen LogP contribution < -0.4 is 0 Å². The van der Waals surface area contributed by atoms with Gasteiger partial charge in [0, 0.05) is 19.3 Å². The predicted molar refractivity (Wildman–Crippen MR) is 68.5 cm³/mol. The highest BCUT2D eigenvalue weighted by Crippen LogP contribution is 2.40. The molecule has 1 aliphatic rings. The molecule has 1 rings (SSSR count). The van der Waals surface area contributed by atoms with Gasteiger partial charge in [0.25, 0.3) is 0 Å². The number of carbonyl (C=O) groups excluding carboxylic acids is 1. The van der Waals surface area contributed by atoms with E-state index in [1.165, 1.54) is 6.26 Å². The molecule has 100 valence electrons. The number of hydrogen-bond acceptors (Lipinski definition) is 3. The average Bonchev–Trinajstić information content (AvgIpc) is 2.10. The van der Waals surface area contributed by atoms with E-state index in [9.17, 15) is 13.2 Å². The van der Waals surface area contributed by atoms with E-state index in [0.29, 0.717) is 18.8 Å². The molecule has 1 atom stereocenters. The number of amides is 1. The fourth-order valence-electron chi connectivity index (χ4n) is 2.19. The average molecular weight is 261 g/mol. The lowest BCUT2D eigenvalue weighted by atomic mass is 9.82. The van der Waals surface area contributed by atoms with Gasteiger partial charge in [-0.1, -0.05) is 13.8 Å². The summed E-state index contributed by atoms with van der Waals surface area (Å²) in [5.41, 5.74) is 0. The summed E-state index contributed by atoms with van der Waals surface area (Å²) in [6.07, 6.45) is 2.94. The van der Waals surface area contributed by atoms with Crippen LogP contribution in [0.25, 0.3) is 0 Å². The number of carbonyl (C=O) groups is 1. The van der Waals surface area contributed by atoms with Crippen LogP contribution in [0.5, 0.6) is 0 Å². The van der Waals surface area contributed by atoms with Crippen molar-refractivity contribution in [2.75, 3.05) is 13.3 Å². The Bertz CT molecular complexity index is 396. The van der Waals surface area contributed by atoms with Crippen molar-refractivity contribution in [3.05, 3.63) is 0 Å². The summed E-state index contributed by atoms with van der Waals surface area (Å²) < 4.78 is 22.5. The molecule has 0 heterocycles. The fourth-order valence-corrected chi connectivity index (χ4v) is 3.69. The van der Waals surface area contributed by atoms with Crippen LogP contribution in [0.3, 0.4) is 0 Å². The molecule has 0 spiro atoms. The Balaban J connectivity index is 2.96. The Kier molecular flexibility index (Phi) is 3.91. The van der Waals surface area contributed by atoms with Crippen molar-refractivity contribution in [1.29, 1.82) is 0 Å². The monoisotopic (exact) mass is 261 g/mol. The van der Waals surface area contributed by atoms with Gasteiger partial charge < -0.3 is 4.90 Å². The Labute approximate surface area is 104 Å². The number of rotatable bonds is 4. The molecule has 0 aromatic rings. The van der Waals surface area contributed by atoms with E-state index in [1.54, 1.807) is 11.9 Å². The van der Waals surface area contributed by atoms with Gasteiger partial charge in [0.05, 0.1) is 0 Å². The topological polar surface area (TPSA) is 54.5 Å². The largest absolute Gasteiger partial charge is 0.341 e. The summed E-state index contributed by atoms with van der Waals surface area (Å²) in [5, 5.41) is 0. The summed E-state index contributed by atoms with van der Waals surface area (Å²) in [7, 11) is -1.62. The summed E-state index contributed by atoms with van der Waals surface area (Å²) in [4.78, 5) is 14.0. The van der Waals surface area contributed by atoms with Gasteiger partial charge in [0.15, 0.2) is 14.6 Å². The maximum Gasteiger partial charge on any atom is 0.244 e. The zero-order valence-corrected chi connectivity index (χ0v) is 12.2. The summed E-state index contributed by atoms with van der Waals surface area (Å²) in [6.45, 7) is 6.02. The minimum atomic E-state index is -3.32. The van der Waals surface area contributed by atoms with Gasteiger partial charge in [-0.05, 0) is 32.1 Å². The zero-order valence-electron chi connectivity index (χ0n) is 11.4. The van der Waals surface area contributed by atoms with E-state index in [1.807, 2.05) is 20.8 Å². The zero-order chi connectivity index (χ0) is 13.4. The molecule has 0 radical (unpaired) electrons. The van der Waals surface area contributed by atoms with Gasteiger partial charge in [-0.3, -0.25) is 4.79 Å². The molecule has 5 heteroatoms. The molecule has 1 amide bonds. The Hall–Kier alpha value is -0.580. The third-order valence-electron chi connectivity index (χ3n) is 4.16. The molecule has 1 saturated carbocycles. The molecule has 0 N–H and O–H groups in total. The van der Waals surface area contributed by atoms with E-state index in [0.717, 1.165) is 6.42 Å². The first-order valence-corrected chi connectivity index (χ1v) is 7.99. The smallest absolute Gasteiger partial charge is 0.244 e. The fraction of sp³-hybridized carbons (Fsp3) is 0.917. The molecule has 0 aromatic carbocycles. The van der Waals surface area contributed by atoms with Crippen LogP contribution in [0.15, 0.2) is 0 Å². The van der Waals surface area contributed by atoms with Gasteiger partial charge in [0.2, 0.25) is 5.91 Å². The van der Waals surface area contributed by atoms with Crippen molar-refractivity contribution in [2.45, 2.75) is 50.8 Å². The van der Waals surface area contributed by atoms with E-state index in [2.05, 4.69) is 0 Å². The molecule has 0 saturated heterocycles. The maximum atomic E-state index is 12.4. The Morgan fingerprint density at radius 3 is 1.94 bits per heavy atom. The highest BCUT2D eigenvalue weighted by molar-refractivity contribution is 7.93. The van der Waals surface area contributed by atoms with Crippen molar-refractivity contribution >= 4 is 15.7 Å². The third kappa shape index (κ3) is 2.34. The predicted octanol–water partition coefficient (Wildman–Crippen LogP) is 1.46. The van der Waals surface area contributed by atoms with Gasteiger partial charge in [-0.25, -0.2) is 8.42 Å². The van der Waals surface area contributed by atoms with Crippen LogP contribution in [0.2, 0.25) is 0 Å². The van der Waals surface area contributed by atoms with E-state index in [-0.39, 0.29) is 11.9 Å². The molecular weight excluding hydrogens is 238 g/mol.